The fourth-order valence-electron chi connectivity index (χ4n) is 0.831. The Balaban J connectivity index is 3.89. The van der Waals surface area contributed by atoms with Crippen LogP contribution in [0.5, 0.6) is 0 Å². The van der Waals surface area contributed by atoms with Crippen LogP contribution in [0.1, 0.15) is 34.1 Å². The van der Waals surface area contributed by atoms with E-state index in [-0.39, 0.29) is 23.8 Å². The number of aliphatic carboxylic acids is 1. The van der Waals surface area contributed by atoms with Crippen molar-refractivity contribution in [2.75, 3.05) is 6.54 Å². The van der Waals surface area contributed by atoms with Crippen molar-refractivity contribution in [3.8, 4) is 0 Å². The highest BCUT2D eigenvalue weighted by Gasteiger charge is 2.22. The van der Waals surface area contributed by atoms with Gasteiger partial charge in [-0.05, 0) is 11.3 Å². The largest absolute Gasteiger partial charge is 0.480 e. The molecule has 0 aliphatic heterocycles. The second-order valence-electron chi connectivity index (χ2n) is 4.64. The molecule has 14 heavy (non-hydrogen) atoms. The van der Waals surface area contributed by atoms with Gasteiger partial charge in [0.25, 0.3) is 0 Å². The van der Waals surface area contributed by atoms with Crippen LogP contribution in [0.2, 0.25) is 0 Å². The minimum absolute atomic E-state index is 0.0700. The average Bonchev–Trinajstić information content (AvgIpc) is 1.99. The van der Waals surface area contributed by atoms with Gasteiger partial charge in [0.15, 0.2) is 0 Å². The lowest BCUT2D eigenvalue weighted by molar-refractivity contribution is -0.138. The first kappa shape index (κ1) is 12.9. The number of carbonyl (C=O) groups is 2. The van der Waals surface area contributed by atoms with Gasteiger partial charge >= 0.3 is 5.97 Å². The van der Waals surface area contributed by atoms with Crippen LogP contribution in [0.25, 0.3) is 0 Å². The van der Waals surface area contributed by atoms with E-state index in [9.17, 15) is 9.59 Å². The predicted molar refractivity (Wildman–Crippen MR) is 53.9 cm³/mol. The van der Waals surface area contributed by atoms with Crippen molar-refractivity contribution in [3.63, 3.8) is 0 Å². The second kappa shape index (κ2) is 4.98. The zero-order valence-corrected chi connectivity index (χ0v) is 9.26. The van der Waals surface area contributed by atoms with Gasteiger partial charge in [-0.2, -0.15) is 0 Å². The van der Waals surface area contributed by atoms with E-state index >= 15 is 0 Å². The molecule has 0 radical (unpaired) electrons. The summed E-state index contributed by atoms with van der Waals surface area (Å²) in [5.74, 6) is -0.979. The van der Waals surface area contributed by atoms with Gasteiger partial charge in [0.2, 0.25) is 5.91 Å². The third kappa shape index (κ3) is 5.56. The average molecular weight is 201 g/mol. The molecule has 0 aromatic heterocycles. The van der Waals surface area contributed by atoms with E-state index in [4.69, 9.17) is 5.11 Å². The lowest BCUT2D eigenvalue weighted by atomic mass is 9.80. The van der Waals surface area contributed by atoms with E-state index in [2.05, 4.69) is 26.1 Å². The summed E-state index contributed by atoms with van der Waals surface area (Å²) in [6, 6.07) is 0. The van der Waals surface area contributed by atoms with E-state index in [1.807, 2.05) is 6.92 Å². The topological polar surface area (TPSA) is 66.4 Å². The fourth-order valence-corrected chi connectivity index (χ4v) is 0.831. The molecule has 4 heteroatoms. The minimum atomic E-state index is -1.01. The van der Waals surface area contributed by atoms with Crippen molar-refractivity contribution in [2.24, 2.45) is 11.3 Å². The van der Waals surface area contributed by atoms with Crippen LogP contribution in [0.4, 0.5) is 0 Å². The summed E-state index contributed by atoms with van der Waals surface area (Å²) in [5, 5.41) is 10.7. The molecular formula is C10H19NO3. The maximum Gasteiger partial charge on any atom is 0.322 e. The number of hydrogen-bond donors (Lipinski definition) is 2. The monoisotopic (exact) mass is 201 g/mol. The second-order valence-corrected chi connectivity index (χ2v) is 4.64. The van der Waals surface area contributed by atoms with Crippen molar-refractivity contribution in [2.45, 2.75) is 34.1 Å². The molecule has 0 saturated heterocycles. The van der Waals surface area contributed by atoms with Crippen LogP contribution < -0.4 is 5.32 Å². The van der Waals surface area contributed by atoms with Crippen LogP contribution in [0, 0.1) is 11.3 Å². The molecule has 0 heterocycles. The third-order valence-corrected chi connectivity index (χ3v) is 2.41. The molecule has 4 nitrogen and oxygen atoms in total. The van der Waals surface area contributed by atoms with Crippen molar-refractivity contribution in [1.29, 1.82) is 0 Å². The molecule has 0 aromatic carbocycles. The van der Waals surface area contributed by atoms with Gasteiger partial charge in [-0.25, -0.2) is 0 Å². The summed E-state index contributed by atoms with van der Waals surface area (Å²) in [7, 11) is 0. The molecule has 0 rings (SSSR count). The summed E-state index contributed by atoms with van der Waals surface area (Å²) in [4.78, 5) is 21.4. The van der Waals surface area contributed by atoms with Gasteiger partial charge in [-0.15, -0.1) is 0 Å². The minimum Gasteiger partial charge on any atom is -0.480 e. The Kier molecular flexibility index (Phi) is 4.60. The first-order valence-electron chi connectivity index (χ1n) is 4.72. The lowest BCUT2D eigenvalue weighted by Gasteiger charge is -2.26. The number of hydrogen-bond acceptors (Lipinski definition) is 2. The maximum atomic E-state index is 11.2. The molecule has 0 fully saturated rings. The van der Waals surface area contributed by atoms with E-state index in [1.165, 1.54) is 0 Å². The van der Waals surface area contributed by atoms with Crippen molar-refractivity contribution in [1.82, 2.24) is 5.32 Å². The number of nitrogens with one attached hydrogen (secondary N) is 1. The number of carbonyl (C=O) groups excluding carboxylic acids is 1. The molecule has 0 bridgehead atoms. The fraction of sp³-hybridized carbons (Fsp3) is 0.800. The molecule has 0 saturated carbocycles. The van der Waals surface area contributed by atoms with Gasteiger partial charge in [0.1, 0.15) is 6.54 Å². The van der Waals surface area contributed by atoms with Crippen LogP contribution in [-0.4, -0.2) is 23.5 Å². The normalized spacial score (nSPS) is 13.4. The third-order valence-electron chi connectivity index (χ3n) is 2.41. The molecule has 82 valence electrons. The Morgan fingerprint density at radius 1 is 1.36 bits per heavy atom. The van der Waals surface area contributed by atoms with Gasteiger partial charge in [-0.3, -0.25) is 9.59 Å². The van der Waals surface area contributed by atoms with E-state index in [0.29, 0.717) is 6.42 Å². The highest BCUT2D eigenvalue weighted by atomic mass is 16.4. The Labute approximate surface area is 84.7 Å². The Morgan fingerprint density at radius 2 is 1.86 bits per heavy atom. The summed E-state index contributed by atoms with van der Waals surface area (Å²) >= 11 is 0. The molecule has 1 atom stereocenters. The number of rotatable bonds is 4. The highest BCUT2D eigenvalue weighted by Crippen LogP contribution is 2.27. The lowest BCUT2D eigenvalue weighted by Crippen LogP contribution is -2.32. The Morgan fingerprint density at radius 3 is 2.21 bits per heavy atom. The number of carboxylic acid groups (broad SMARTS) is 1. The van der Waals surface area contributed by atoms with Crippen molar-refractivity contribution >= 4 is 11.9 Å². The summed E-state index contributed by atoms with van der Waals surface area (Å²) in [6.45, 7) is 7.86. The molecule has 1 amide bonds. The standard InChI is InChI=1S/C10H19NO3/c1-7(10(2,3)4)5-8(12)11-6-9(13)14/h7H,5-6H2,1-4H3,(H,11,12)(H,13,14). The molecule has 0 spiro atoms. The quantitative estimate of drug-likeness (QED) is 0.719. The highest BCUT2D eigenvalue weighted by molar-refractivity contribution is 5.81. The van der Waals surface area contributed by atoms with Gasteiger partial charge in [0, 0.05) is 6.42 Å². The molecule has 0 aliphatic carbocycles. The first-order valence-corrected chi connectivity index (χ1v) is 4.72. The van der Waals surface area contributed by atoms with E-state index < -0.39 is 5.97 Å². The van der Waals surface area contributed by atoms with Crippen molar-refractivity contribution < 1.29 is 14.7 Å². The molecular weight excluding hydrogens is 182 g/mol. The zero-order valence-electron chi connectivity index (χ0n) is 9.26. The van der Waals surface area contributed by atoms with E-state index in [0.717, 1.165) is 0 Å². The molecule has 0 aliphatic rings. The zero-order chi connectivity index (χ0) is 11.4. The van der Waals surface area contributed by atoms with Gasteiger partial charge in [0.05, 0.1) is 0 Å². The Bertz CT molecular complexity index is 218. The van der Waals surface area contributed by atoms with Crippen LogP contribution in [0.15, 0.2) is 0 Å². The van der Waals surface area contributed by atoms with Gasteiger partial charge in [-0.1, -0.05) is 27.7 Å². The smallest absolute Gasteiger partial charge is 0.322 e. The van der Waals surface area contributed by atoms with Crippen LogP contribution in [-0.2, 0) is 9.59 Å². The van der Waals surface area contributed by atoms with Crippen molar-refractivity contribution in [3.05, 3.63) is 0 Å². The SMILES string of the molecule is CC(CC(=O)NCC(=O)O)C(C)(C)C. The Hall–Kier alpha value is -1.06. The summed E-state index contributed by atoms with van der Waals surface area (Å²) in [5.41, 5.74) is 0.0700. The van der Waals surface area contributed by atoms with Gasteiger partial charge < -0.3 is 10.4 Å². The van der Waals surface area contributed by atoms with E-state index in [1.54, 1.807) is 0 Å². The summed E-state index contributed by atoms with van der Waals surface area (Å²) < 4.78 is 0. The summed E-state index contributed by atoms with van der Waals surface area (Å²) in [6.07, 6.45) is 0.372. The van der Waals surface area contributed by atoms with Crippen LogP contribution >= 0.6 is 0 Å². The predicted octanol–water partition coefficient (Wildman–Crippen LogP) is 1.26. The number of amides is 1. The van der Waals surface area contributed by atoms with Crippen LogP contribution in [0.3, 0.4) is 0 Å². The molecule has 1 unspecified atom stereocenters. The number of carboxylic acids is 1. The molecule has 0 aromatic rings. The first-order chi connectivity index (χ1) is 6.23. The maximum absolute atomic E-state index is 11.2. The molecule has 2 N–H and O–H groups in total.